The molecule has 1 saturated heterocycles. The third-order valence-corrected chi connectivity index (χ3v) is 5.76. The van der Waals surface area contributed by atoms with E-state index >= 15 is 0 Å². The number of hydrazine groups is 1. The van der Waals surface area contributed by atoms with Crippen molar-refractivity contribution in [1.29, 1.82) is 0 Å². The number of halogens is 2. The molecule has 2 aromatic carbocycles. The first-order chi connectivity index (χ1) is 12.9. The van der Waals surface area contributed by atoms with Crippen LogP contribution in [-0.4, -0.2) is 28.3 Å². The Labute approximate surface area is 175 Å². The Morgan fingerprint density at radius 3 is 2.59 bits per heavy atom. The maximum absolute atomic E-state index is 12.6. The zero-order valence-corrected chi connectivity index (χ0v) is 17.0. The minimum Gasteiger partial charge on any atom is -0.497 e. The van der Waals surface area contributed by atoms with Crippen molar-refractivity contribution in [2.45, 2.75) is 0 Å². The largest absolute Gasteiger partial charge is 0.497 e. The van der Waals surface area contributed by atoms with E-state index in [1.165, 1.54) is 7.11 Å². The van der Waals surface area contributed by atoms with E-state index in [0.717, 1.165) is 16.8 Å². The lowest BCUT2D eigenvalue weighted by atomic mass is 10.2. The first-order valence-electron chi connectivity index (χ1n) is 7.57. The molecule has 27 heavy (non-hydrogen) atoms. The molecule has 0 aromatic heterocycles. The molecule has 1 aliphatic heterocycles. The summed E-state index contributed by atoms with van der Waals surface area (Å²) in [6.45, 7) is 0. The third-order valence-electron chi connectivity index (χ3n) is 3.63. The van der Waals surface area contributed by atoms with E-state index in [1.807, 2.05) is 0 Å². The predicted molar refractivity (Wildman–Crippen MR) is 112 cm³/mol. The van der Waals surface area contributed by atoms with Crippen molar-refractivity contribution in [3.8, 4) is 5.75 Å². The smallest absolute Gasteiger partial charge is 0.285 e. The Hall–Kier alpha value is -2.06. The van der Waals surface area contributed by atoms with Gasteiger partial charge in [0.15, 0.2) is 4.32 Å². The second-order valence-corrected chi connectivity index (χ2v) is 7.79. The number of hydrogen-bond donors (Lipinski definition) is 1. The highest BCUT2D eigenvalue weighted by Gasteiger charge is 2.34. The minimum atomic E-state index is -0.462. The molecule has 138 valence electrons. The quantitative estimate of drug-likeness (QED) is 0.560. The van der Waals surface area contributed by atoms with Crippen molar-refractivity contribution < 1.29 is 14.3 Å². The molecule has 3 rings (SSSR count). The van der Waals surface area contributed by atoms with Gasteiger partial charge in [0.25, 0.3) is 11.8 Å². The van der Waals surface area contributed by atoms with Crippen molar-refractivity contribution >= 4 is 69.4 Å². The zero-order valence-electron chi connectivity index (χ0n) is 13.9. The van der Waals surface area contributed by atoms with E-state index in [9.17, 15) is 9.59 Å². The lowest BCUT2D eigenvalue weighted by Crippen LogP contribution is -2.44. The van der Waals surface area contributed by atoms with E-state index in [1.54, 1.807) is 48.5 Å². The molecule has 2 amide bonds. The Bertz CT molecular complexity index is 962. The Morgan fingerprint density at radius 1 is 1.22 bits per heavy atom. The number of methoxy groups -OCH3 is 1. The van der Waals surface area contributed by atoms with Crippen LogP contribution in [0.3, 0.4) is 0 Å². The number of nitrogens with zero attached hydrogens (tertiary/aromatic N) is 1. The minimum absolute atomic E-state index is 0.214. The van der Waals surface area contributed by atoms with Gasteiger partial charge in [-0.2, -0.15) is 5.01 Å². The number of hydrogen-bond acceptors (Lipinski definition) is 5. The summed E-state index contributed by atoms with van der Waals surface area (Å²) in [5, 5.41) is 1.76. The average molecular weight is 439 g/mol. The van der Waals surface area contributed by atoms with Crippen LogP contribution in [0.1, 0.15) is 15.9 Å². The number of nitrogens with one attached hydrogen (secondary N) is 1. The van der Waals surface area contributed by atoms with Crippen molar-refractivity contribution in [1.82, 2.24) is 10.4 Å². The van der Waals surface area contributed by atoms with Gasteiger partial charge < -0.3 is 4.74 Å². The van der Waals surface area contributed by atoms with Crippen molar-refractivity contribution in [3.63, 3.8) is 0 Å². The molecule has 0 aliphatic carbocycles. The molecule has 1 heterocycles. The van der Waals surface area contributed by atoms with Crippen LogP contribution in [0.5, 0.6) is 5.75 Å². The number of thioether (sulfide) groups is 1. The van der Waals surface area contributed by atoms with Crippen molar-refractivity contribution in [3.05, 3.63) is 68.5 Å². The maximum atomic E-state index is 12.6. The SMILES string of the molecule is COc1ccc(C(=O)NN2C(=O)C(=Cc3cccc(Cl)c3Cl)SC2=S)cc1. The van der Waals surface area contributed by atoms with Gasteiger partial charge in [-0.05, 0) is 54.2 Å². The fourth-order valence-corrected chi connectivity index (χ4v) is 3.78. The summed E-state index contributed by atoms with van der Waals surface area (Å²) in [4.78, 5) is 25.3. The standard InChI is InChI=1S/C18H12Cl2N2O3S2/c1-25-12-7-5-10(6-8-12)16(23)21-22-17(24)14(27-18(22)26)9-11-3-2-4-13(19)15(11)20/h2-9H,1H3,(H,21,23). The number of rotatable bonds is 4. The number of carbonyl (C=O) groups excluding carboxylic acids is 2. The summed E-state index contributed by atoms with van der Waals surface area (Å²) < 4.78 is 5.27. The van der Waals surface area contributed by atoms with Crippen molar-refractivity contribution in [2.75, 3.05) is 7.11 Å². The van der Waals surface area contributed by atoms with Gasteiger partial charge in [-0.25, -0.2) is 0 Å². The second-order valence-electron chi connectivity index (χ2n) is 5.33. The average Bonchev–Trinajstić information content (AvgIpc) is 2.93. The first kappa shape index (κ1) is 19.7. The van der Waals surface area contributed by atoms with E-state index in [4.69, 9.17) is 40.2 Å². The van der Waals surface area contributed by atoms with E-state index in [-0.39, 0.29) is 4.32 Å². The summed E-state index contributed by atoms with van der Waals surface area (Å²) in [6, 6.07) is 11.6. The molecule has 2 aromatic rings. The van der Waals surface area contributed by atoms with Crippen molar-refractivity contribution in [2.24, 2.45) is 0 Å². The molecule has 0 spiro atoms. The molecule has 0 saturated carbocycles. The van der Waals surface area contributed by atoms with Crippen LogP contribution in [0.15, 0.2) is 47.4 Å². The molecule has 0 atom stereocenters. The Kier molecular flexibility index (Phi) is 6.06. The van der Waals surface area contributed by atoms with Crippen LogP contribution in [0, 0.1) is 0 Å². The monoisotopic (exact) mass is 438 g/mol. The van der Waals surface area contributed by atoms with Crippen LogP contribution in [0.2, 0.25) is 10.0 Å². The lowest BCUT2D eigenvalue weighted by molar-refractivity contribution is -0.123. The highest BCUT2D eigenvalue weighted by Crippen LogP contribution is 2.34. The predicted octanol–water partition coefficient (Wildman–Crippen LogP) is 4.55. The van der Waals surface area contributed by atoms with Gasteiger partial charge in [0, 0.05) is 5.56 Å². The van der Waals surface area contributed by atoms with Gasteiger partial charge in [0.2, 0.25) is 0 Å². The lowest BCUT2D eigenvalue weighted by Gasteiger charge is -2.15. The molecule has 0 bridgehead atoms. The number of benzene rings is 2. The summed E-state index contributed by atoms with van der Waals surface area (Å²) in [7, 11) is 1.54. The second kappa shape index (κ2) is 8.31. The number of thiocarbonyl (C=S) groups is 1. The first-order valence-corrected chi connectivity index (χ1v) is 9.56. The maximum Gasteiger partial charge on any atom is 0.285 e. The zero-order chi connectivity index (χ0) is 19.6. The fraction of sp³-hybridized carbons (Fsp3) is 0.0556. The fourth-order valence-electron chi connectivity index (χ4n) is 2.25. The van der Waals surface area contributed by atoms with Crippen LogP contribution in [-0.2, 0) is 4.79 Å². The van der Waals surface area contributed by atoms with E-state index in [2.05, 4.69) is 5.43 Å². The molecule has 1 aliphatic rings. The van der Waals surface area contributed by atoms with Crippen LogP contribution in [0.4, 0.5) is 0 Å². The molecular weight excluding hydrogens is 427 g/mol. The van der Waals surface area contributed by atoms with Gasteiger partial charge in [0.05, 0.1) is 22.1 Å². The molecule has 5 nitrogen and oxygen atoms in total. The molecule has 1 N–H and O–H groups in total. The Morgan fingerprint density at radius 2 is 1.93 bits per heavy atom. The molecule has 0 unspecified atom stereocenters. The molecule has 1 fully saturated rings. The van der Waals surface area contributed by atoms with Gasteiger partial charge in [0.1, 0.15) is 5.75 Å². The van der Waals surface area contributed by atoms with Crippen LogP contribution in [0.25, 0.3) is 6.08 Å². The van der Waals surface area contributed by atoms with Crippen LogP contribution >= 0.6 is 47.2 Å². The summed E-state index contributed by atoms with van der Waals surface area (Å²) in [5.74, 6) is -0.280. The van der Waals surface area contributed by atoms with Gasteiger partial charge in [-0.3, -0.25) is 15.0 Å². The topological polar surface area (TPSA) is 58.6 Å². The Balaban J connectivity index is 1.78. The summed E-state index contributed by atoms with van der Waals surface area (Å²) in [6.07, 6.45) is 1.59. The highest BCUT2D eigenvalue weighted by molar-refractivity contribution is 8.26. The van der Waals surface area contributed by atoms with Crippen LogP contribution < -0.4 is 10.2 Å². The third kappa shape index (κ3) is 4.27. The molecule has 9 heteroatoms. The van der Waals surface area contributed by atoms with Gasteiger partial charge in [-0.15, -0.1) is 0 Å². The number of ether oxygens (including phenoxy) is 1. The summed E-state index contributed by atoms with van der Waals surface area (Å²) in [5.41, 5.74) is 3.47. The van der Waals surface area contributed by atoms with Gasteiger partial charge >= 0.3 is 0 Å². The molecular formula is C18H12Cl2N2O3S2. The number of amides is 2. The van der Waals surface area contributed by atoms with Gasteiger partial charge in [-0.1, -0.05) is 47.1 Å². The highest BCUT2D eigenvalue weighted by atomic mass is 35.5. The number of carbonyl (C=O) groups is 2. The van der Waals surface area contributed by atoms with E-state index < -0.39 is 11.8 Å². The van der Waals surface area contributed by atoms with E-state index in [0.29, 0.717) is 31.8 Å². The molecule has 0 radical (unpaired) electrons. The normalized spacial score (nSPS) is 15.4. The summed E-state index contributed by atoms with van der Waals surface area (Å²) >= 11 is 18.4.